The van der Waals surface area contributed by atoms with E-state index < -0.39 is 0 Å². The highest BCUT2D eigenvalue weighted by molar-refractivity contribution is 7.97. The van der Waals surface area contributed by atoms with E-state index in [-0.39, 0.29) is 18.6 Å². The van der Waals surface area contributed by atoms with E-state index in [0.717, 1.165) is 48.4 Å². The van der Waals surface area contributed by atoms with Gasteiger partial charge in [-0.1, -0.05) is 34.4 Å². The Balaban J connectivity index is 1.09. The molecule has 1 aromatic heterocycles. The number of hydrogen-bond donors (Lipinski definition) is 0. The van der Waals surface area contributed by atoms with Crippen LogP contribution in [0.5, 0.6) is 0 Å². The Morgan fingerprint density at radius 3 is 2.54 bits per heavy atom. The highest BCUT2D eigenvalue weighted by atomic mass is 35.5. The number of likely N-dealkylation sites (N-methyl/N-ethyl adjacent to an activating group) is 1. The standard InChI is InChI=1S/C29H31Cl2N3O4S/c1-33(15-26(35)36-2)39-21-10-8-19(9-11-21)34-14-18-12-20(34)13-25(18)37-16-22-28(32-38-29(22)17-6-7-17)27-23(30)4-3-5-24(27)31/h3-5,8-11,17-18,20,25H,6-7,12-16H2,1-2H3/t18-,20-,25+/m0/s1. The molecule has 1 saturated heterocycles. The molecule has 7 nitrogen and oxygen atoms in total. The largest absolute Gasteiger partial charge is 0.468 e. The quantitative estimate of drug-likeness (QED) is 0.189. The second-order valence-electron chi connectivity index (χ2n) is 10.6. The average molecular weight is 589 g/mol. The van der Waals surface area contributed by atoms with Crippen molar-refractivity contribution in [2.45, 2.75) is 55.2 Å². The number of esters is 1. The lowest BCUT2D eigenvalue weighted by Crippen LogP contribution is -2.38. The number of rotatable bonds is 10. The molecule has 206 valence electrons. The Morgan fingerprint density at radius 1 is 1.15 bits per heavy atom. The first kappa shape index (κ1) is 27.0. The van der Waals surface area contributed by atoms with Crippen LogP contribution >= 0.6 is 35.1 Å². The Bertz CT molecular complexity index is 1330. The Kier molecular flexibility index (Phi) is 7.84. The number of benzene rings is 2. The van der Waals surface area contributed by atoms with Gasteiger partial charge < -0.3 is 18.9 Å². The van der Waals surface area contributed by atoms with Gasteiger partial charge in [0, 0.05) is 46.1 Å². The van der Waals surface area contributed by atoms with Crippen molar-refractivity contribution in [1.82, 2.24) is 9.46 Å². The van der Waals surface area contributed by atoms with Crippen molar-refractivity contribution >= 4 is 46.8 Å². The van der Waals surface area contributed by atoms with Crippen molar-refractivity contribution in [3.63, 3.8) is 0 Å². The molecule has 3 aromatic rings. The molecule has 10 heteroatoms. The van der Waals surface area contributed by atoms with E-state index in [4.69, 9.17) is 37.2 Å². The van der Waals surface area contributed by atoms with Crippen LogP contribution in [0.25, 0.3) is 11.3 Å². The maximum Gasteiger partial charge on any atom is 0.320 e. The molecule has 0 spiro atoms. The van der Waals surface area contributed by atoms with Gasteiger partial charge in [-0.25, -0.2) is 4.31 Å². The maximum atomic E-state index is 11.5. The zero-order valence-corrected chi connectivity index (χ0v) is 24.3. The fraction of sp³-hybridized carbons (Fsp3) is 0.448. The molecule has 2 heterocycles. The van der Waals surface area contributed by atoms with Gasteiger partial charge in [0.1, 0.15) is 18.0 Å². The summed E-state index contributed by atoms with van der Waals surface area (Å²) in [5.74, 6) is 1.55. The van der Waals surface area contributed by atoms with Gasteiger partial charge in [0.15, 0.2) is 0 Å². The number of piperidine rings is 1. The number of aromatic nitrogens is 1. The minimum Gasteiger partial charge on any atom is -0.468 e. The Labute approximate surface area is 242 Å². The monoisotopic (exact) mass is 587 g/mol. The third-order valence-electron chi connectivity index (χ3n) is 7.89. The number of anilines is 1. The number of methoxy groups -OCH3 is 1. The van der Waals surface area contributed by atoms with Crippen molar-refractivity contribution in [2.24, 2.45) is 5.92 Å². The van der Waals surface area contributed by atoms with Crippen molar-refractivity contribution < 1.29 is 18.8 Å². The van der Waals surface area contributed by atoms with Gasteiger partial charge in [-0.05, 0) is 81.1 Å². The molecule has 3 fully saturated rings. The van der Waals surface area contributed by atoms with E-state index >= 15 is 0 Å². The SMILES string of the molecule is COC(=O)CN(C)Sc1ccc(N2C[C@@H]3C[C@H]2C[C@H]3OCc2c(-c3c(Cl)cccc3Cl)noc2C2CC2)cc1. The summed E-state index contributed by atoms with van der Waals surface area (Å²) in [7, 11) is 3.29. The molecule has 39 heavy (non-hydrogen) atoms. The molecule has 0 N–H and O–H groups in total. The second kappa shape index (κ2) is 11.3. The predicted molar refractivity (Wildman–Crippen MR) is 153 cm³/mol. The first-order chi connectivity index (χ1) is 18.9. The van der Waals surface area contributed by atoms with Crippen LogP contribution in [0.1, 0.15) is 42.9 Å². The number of carbonyl (C=O) groups is 1. The molecule has 0 amide bonds. The number of halogens is 2. The van der Waals surface area contributed by atoms with Crippen LogP contribution in [0, 0.1) is 5.92 Å². The first-order valence-corrected chi connectivity index (χ1v) is 14.8. The van der Waals surface area contributed by atoms with Gasteiger partial charge in [0.05, 0.1) is 29.9 Å². The van der Waals surface area contributed by atoms with Gasteiger partial charge in [-0.3, -0.25) is 4.79 Å². The predicted octanol–water partition coefficient (Wildman–Crippen LogP) is 6.82. The summed E-state index contributed by atoms with van der Waals surface area (Å²) >= 11 is 14.6. The molecule has 3 atom stereocenters. The highest BCUT2D eigenvalue weighted by Crippen LogP contribution is 2.47. The molecule has 2 saturated carbocycles. The van der Waals surface area contributed by atoms with Gasteiger partial charge in [0.25, 0.3) is 0 Å². The van der Waals surface area contributed by atoms with E-state index in [2.05, 4.69) is 34.3 Å². The summed E-state index contributed by atoms with van der Waals surface area (Å²) in [6.45, 7) is 1.67. The van der Waals surface area contributed by atoms with Crippen molar-refractivity contribution in [3.8, 4) is 11.3 Å². The summed E-state index contributed by atoms with van der Waals surface area (Å²) in [6.07, 6.45) is 4.55. The number of nitrogens with zero attached hydrogens (tertiary/aromatic N) is 3. The van der Waals surface area contributed by atoms with E-state index in [0.29, 0.717) is 45.8 Å². The number of carbonyl (C=O) groups excluding carboxylic acids is 1. The highest BCUT2D eigenvalue weighted by Gasteiger charge is 2.45. The summed E-state index contributed by atoms with van der Waals surface area (Å²) < 4.78 is 19.0. The Morgan fingerprint density at radius 2 is 1.90 bits per heavy atom. The summed E-state index contributed by atoms with van der Waals surface area (Å²) in [6, 6.07) is 14.5. The summed E-state index contributed by atoms with van der Waals surface area (Å²) in [5, 5.41) is 5.53. The number of fused-ring (bicyclic) bond motifs is 2. The lowest BCUT2D eigenvalue weighted by molar-refractivity contribution is -0.140. The molecule has 1 aliphatic heterocycles. The fourth-order valence-corrected chi connectivity index (χ4v) is 7.19. The number of hydrogen-bond acceptors (Lipinski definition) is 8. The summed E-state index contributed by atoms with van der Waals surface area (Å²) in [5.41, 5.74) is 3.63. The normalized spacial score (nSPS) is 22.2. The van der Waals surface area contributed by atoms with E-state index in [9.17, 15) is 4.79 Å². The van der Waals surface area contributed by atoms with Crippen molar-refractivity contribution in [1.29, 1.82) is 0 Å². The molecular weight excluding hydrogens is 557 g/mol. The minimum absolute atomic E-state index is 0.199. The lowest BCUT2D eigenvalue weighted by atomic mass is 10.0. The second-order valence-corrected chi connectivity index (χ2v) is 12.7. The van der Waals surface area contributed by atoms with Gasteiger partial charge in [-0.15, -0.1) is 0 Å². The van der Waals surface area contributed by atoms with Gasteiger partial charge in [0.2, 0.25) is 0 Å². The molecule has 2 aromatic carbocycles. The molecule has 2 bridgehead atoms. The maximum absolute atomic E-state index is 11.5. The fourth-order valence-electron chi connectivity index (χ4n) is 5.82. The molecule has 3 aliphatic rings. The van der Waals surface area contributed by atoms with Crippen LogP contribution in [-0.2, 0) is 20.9 Å². The van der Waals surface area contributed by atoms with Crippen LogP contribution in [0.4, 0.5) is 5.69 Å². The molecular formula is C29H31Cl2N3O4S. The van der Waals surface area contributed by atoms with Gasteiger partial charge in [-0.2, -0.15) is 0 Å². The zero-order chi connectivity index (χ0) is 27.1. The van der Waals surface area contributed by atoms with E-state index in [1.54, 1.807) is 0 Å². The smallest absolute Gasteiger partial charge is 0.320 e. The average Bonchev–Trinajstić information content (AvgIpc) is 3.37. The minimum atomic E-state index is -0.247. The van der Waals surface area contributed by atoms with E-state index in [1.807, 2.05) is 29.6 Å². The van der Waals surface area contributed by atoms with E-state index in [1.165, 1.54) is 24.7 Å². The van der Waals surface area contributed by atoms with Crippen LogP contribution in [-0.4, -0.2) is 54.8 Å². The molecule has 0 radical (unpaired) electrons. The van der Waals surface area contributed by atoms with Crippen LogP contribution in [0.3, 0.4) is 0 Å². The number of ether oxygens (including phenoxy) is 2. The van der Waals surface area contributed by atoms with Crippen molar-refractivity contribution in [2.75, 3.05) is 32.1 Å². The third kappa shape index (κ3) is 5.68. The zero-order valence-electron chi connectivity index (χ0n) is 21.9. The molecule has 0 unspecified atom stereocenters. The molecule has 6 rings (SSSR count). The van der Waals surface area contributed by atoms with Crippen LogP contribution in [0.2, 0.25) is 10.0 Å². The van der Waals surface area contributed by atoms with Gasteiger partial charge >= 0.3 is 5.97 Å². The topological polar surface area (TPSA) is 68.0 Å². The van der Waals surface area contributed by atoms with Crippen molar-refractivity contribution in [3.05, 3.63) is 63.8 Å². The Hall–Kier alpha value is -2.23. The lowest BCUT2D eigenvalue weighted by Gasteiger charge is -2.33. The van der Waals surface area contributed by atoms with Crippen LogP contribution in [0.15, 0.2) is 51.9 Å². The first-order valence-electron chi connectivity index (χ1n) is 13.3. The summed E-state index contributed by atoms with van der Waals surface area (Å²) in [4.78, 5) is 15.1. The third-order valence-corrected chi connectivity index (χ3v) is 9.45. The van der Waals surface area contributed by atoms with Crippen LogP contribution < -0.4 is 4.90 Å². The molecule has 2 aliphatic carbocycles.